The Bertz CT molecular complexity index is 839. The Morgan fingerprint density at radius 2 is 1.59 bits per heavy atom. The first-order valence-electron chi connectivity index (χ1n) is 9.55. The summed E-state index contributed by atoms with van der Waals surface area (Å²) in [5.41, 5.74) is 2.53. The summed E-state index contributed by atoms with van der Waals surface area (Å²) >= 11 is 0. The van der Waals surface area contributed by atoms with Gasteiger partial charge in [0.1, 0.15) is 6.54 Å². The lowest BCUT2D eigenvalue weighted by Crippen LogP contribution is -2.34. The van der Waals surface area contributed by atoms with Crippen LogP contribution in [0.15, 0.2) is 54.6 Å². The highest BCUT2D eigenvalue weighted by Gasteiger charge is 2.15. The lowest BCUT2D eigenvalue weighted by Gasteiger charge is -2.19. The summed E-state index contributed by atoms with van der Waals surface area (Å²) in [6, 6.07) is 16.5. The van der Waals surface area contributed by atoms with E-state index in [1.807, 2.05) is 49.4 Å². The van der Waals surface area contributed by atoms with Gasteiger partial charge in [0.15, 0.2) is 6.61 Å². The molecule has 0 aliphatic heterocycles. The minimum absolute atomic E-state index is 0.00259. The van der Waals surface area contributed by atoms with E-state index in [0.29, 0.717) is 5.56 Å². The van der Waals surface area contributed by atoms with Gasteiger partial charge in [0, 0.05) is 5.56 Å². The predicted octanol–water partition coefficient (Wildman–Crippen LogP) is 3.13. The van der Waals surface area contributed by atoms with Gasteiger partial charge in [0.05, 0.1) is 6.04 Å². The van der Waals surface area contributed by atoms with Gasteiger partial charge in [-0.2, -0.15) is 0 Å². The Hall–Kier alpha value is -3.15. The first-order chi connectivity index (χ1) is 13.7. The molecule has 0 saturated heterocycles. The van der Waals surface area contributed by atoms with Gasteiger partial charge in [0.25, 0.3) is 11.8 Å². The molecule has 0 aromatic heterocycles. The monoisotopic (exact) mass is 396 g/mol. The molecule has 2 amide bonds. The number of carbonyl (C=O) groups excluding carboxylic acids is 3. The molecule has 0 fully saturated rings. The fourth-order valence-corrected chi connectivity index (χ4v) is 2.68. The first kappa shape index (κ1) is 22.1. The maximum absolute atomic E-state index is 12.2. The number of esters is 1. The molecule has 154 valence electrons. The van der Waals surface area contributed by atoms with Crippen LogP contribution in [0.2, 0.25) is 0 Å². The molecule has 6 nitrogen and oxygen atoms in total. The summed E-state index contributed by atoms with van der Waals surface area (Å²) in [6.45, 7) is 7.42. The summed E-state index contributed by atoms with van der Waals surface area (Å²) in [5.74, 6) is -1.45. The van der Waals surface area contributed by atoms with Crippen molar-refractivity contribution in [2.45, 2.75) is 39.2 Å². The van der Waals surface area contributed by atoms with E-state index < -0.39 is 18.5 Å². The van der Waals surface area contributed by atoms with Gasteiger partial charge in [-0.05, 0) is 35.6 Å². The fraction of sp³-hybridized carbons (Fsp3) is 0.348. The Balaban J connectivity index is 1.73. The van der Waals surface area contributed by atoms with E-state index >= 15 is 0 Å². The Kier molecular flexibility index (Phi) is 7.53. The molecule has 0 aliphatic rings. The average molecular weight is 396 g/mol. The van der Waals surface area contributed by atoms with E-state index in [-0.39, 0.29) is 23.9 Å². The number of hydrogen-bond donors (Lipinski definition) is 2. The van der Waals surface area contributed by atoms with E-state index in [1.165, 1.54) is 0 Å². The lowest BCUT2D eigenvalue weighted by atomic mass is 9.87. The fourth-order valence-electron chi connectivity index (χ4n) is 2.68. The molecule has 0 bridgehead atoms. The summed E-state index contributed by atoms with van der Waals surface area (Å²) < 4.78 is 4.92. The van der Waals surface area contributed by atoms with Crippen molar-refractivity contribution in [1.82, 2.24) is 10.6 Å². The number of rotatable bonds is 7. The SMILES string of the molecule is C[C@@H](NC(=O)COC(=O)CNC(=O)c1ccc(C(C)(C)C)cc1)c1ccccc1. The minimum Gasteiger partial charge on any atom is -0.454 e. The van der Waals surface area contributed by atoms with Gasteiger partial charge in [-0.15, -0.1) is 0 Å². The summed E-state index contributed by atoms with van der Waals surface area (Å²) in [7, 11) is 0. The number of hydrogen-bond acceptors (Lipinski definition) is 4. The molecule has 2 aromatic rings. The van der Waals surface area contributed by atoms with Crippen molar-refractivity contribution in [1.29, 1.82) is 0 Å². The van der Waals surface area contributed by atoms with Gasteiger partial charge >= 0.3 is 5.97 Å². The molecule has 0 spiro atoms. The second kappa shape index (κ2) is 9.87. The number of benzene rings is 2. The molecule has 2 aromatic carbocycles. The van der Waals surface area contributed by atoms with Crippen LogP contribution in [-0.2, 0) is 19.7 Å². The second-order valence-corrected chi connectivity index (χ2v) is 7.87. The molecule has 29 heavy (non-hydrogen) atoms. The molecule has 0 aliphatic carbocycles. The highest BCUT2D eigenvalue weighted by Crippen LogP contribution is 2.22. The zero-order valence-corrected chi connectivity index (χ0v) is 17.3. The third-order valence-electron chi connectivity index (χ3n) is 4.45. The van der Waals surface area contributed by atoms with Crippen LogP contribution in [0.4, 0.5) is 0 Å². The highest BCUT2D eigenvalue weighted by molar-refractivity contribution is 5.96. The third kappa shape index (κ3) is 7.07. The van der Waals surface area contributed by atoms with Crippen LogP contribution in [0.3, 0.4) is 0 Å². The predicted molar refractivity (Wildman–Crippen MR) is 111 cm³/mol. The van der Waals surface area contributed by atoms with Gasteiger partial charge < -0.3 is 15.4 Å². The number of amides is 2. The smallest absolute Gasteiger partial charge is 0.325 e. The Labute approximate surface area is 171 Å². The van der Waals surface area contributed by atoms with E-state index in [4.69, 9.17) is 4.74 Å². The largest absolute Gasteiger partial charge is 0.454 e. The molecule has 0 heterocycles. The number of carbonyl (C=O) groups is 3. The van der Waals surface area contributed by atoms with Crippen LogP contribution >= 0.6 is 0 Å². The van der Waals surface area contributed by atoms with Crippen molar-refractivity contribution >= 4 is 17.8 Å². The highest BCUT2D eigenvalue weighted by atomic mass is 16.5. The molecule has 0 unspecified atom stereocenters. The molecule has 6 heteroatoms. The van der Waals surface area contributed by atoms with Crippen molar-refractivity contribution < 1.29 is 19.1 Å². The second-order valence-electron chi connectivity index (χ2n) is 7.87. The molecule has 0 radical (unpaired) electrons. The van der Waals surface area contributed by atoms with Crippen molar-refractivity contribution in [3.8, 4) is 0 Å². The molecule has 2 rings (SSSR count). The van der Waals surface area contributed by atoms with Crippen LogP contribution in [-0.4, -0.2) is 30.9 Å². The standard InChI is InChI=1S/C23H28N2O4/c1-16(17-8-6-5-7-9-17)25-20(26)15-29-21(27)14-24-22(28)18-10-12-19(13-11-18)23(2,3)4/h5-13,16H,14-15H2,1-4H3,(H,24,28)(H,25,26)/t16-/m1/s1. The normalized spacial score (nSPS) is 12.0. The van der Waals surface area contributed by atoms with Crippen molar-refractivity contribution in [2.24, 2.45) is 0 Å². The van der Waals surface area contributed by atoms with Crippen LogP contribution in [0.5, 0.6) is 0 Å². The molecular formula is C23H28N2O4. The third-order valence-corrected chi connectivity index (χ3v) is 4.45. The van der Waals surface area contributed by atoms with Gasteiger partial charge in [-0.25, -0.2) is 0 Å². The average Bonchev–Trinajstić information content (AvgIpc) is 2.70. The van der Waals surface area contributed by atoms with Crippen molar-refractivity contribution in [3.05, 3.63) is 71.3 Å². The number of nitrogens with one attached hydrogen (secondary N) is 2. The number of ether oxygens (including phenoxy) is 1. The Morgan fingerprint density at radius 3 is 2.17 bits per heavy atom. The maximum atomic E-state index is 12.2. The van der Waals surface area contributed by atoms with Gasteiger partial charge in [0.2, 0.25) is 0 Å². The topological polar surface area (TPSA) is 84.5 Å². The molecule has 1 atom stereocenters. The summed E-state index contributed by atoms with van der Waals surface area (Å²) in [5, 5.41) is 5.26. The van der Waals surface area contributed by atoms with E-state index in [0.717, 1.165) is 11.1 Å². The maximum Gasteiger partial charge on any atom is 0.325 e. The van der Waals surface area contributed by atoms with Crippen LogP contribution in [0.1, 0.15) is 55.2 Å². The van der Waals surface area contributed by atoms with Crippen LogP contribution in [0.25, 0.3) is 0 Å². The molecular weight excluding hydrogens is 368 g/mol. The van der Waals surface area contributed by atoms with Crippen molar-refractivity contribution in [2.75, 3.05) is 13.2 Å². The van der Waals surface area contributed by atoms with Gasteiger partial charge in [-0.1, -0.05) is 63.2 Å². The van der Waals surface area contributed by atoms with Gasteiger partial charge in [-0.3, -0.25) is 14.4 Å². The van der Waals surface area contributed by atoms with Crippen molar-refractivity contribution in [3.63, 3.8) is 0 Å². The molecule has 0 saturated carbocycles. The molecule has 2 N–H and O–H groups in total. The quantitative estimate of drug-likeness (QED) is 0.704. The zero-order valence-electron chi connectivity index (χ0n) is 17.3. The van der Waals surface area contributed by atoms with Crippen LogP contribution in [0, 0.1) is 0 Å². The van der Waals surface area contributed by atoms with E-state index in [9.17, 15) is 14.4 Å². The lowest BCUT2D eigenvalue weighted by molar-refractivity contribution is -0.147. The summed E-state index contributed by atoms with van der Waals surface area (Å²) in [4.78, 5) is 35.9. The van der Waals surface area contributed by atoms with Crippen LogP contribution < -0.4 is 10.6 Å². The Morgan fingerprint density at radius 1 is 0.966 bits per heavy atom. The summed E-state index contributed by atoms with van der Waals surface area (Å²) in [6.07, 6.45) is 0. The van der Waals surface area contributed by atoms with E-state index in [1.54, 1.807) is 12.1 Å². The zero-order chi connectivity index (χ0) is 21.4. The minimum atomic E-state index is -0.674. The van der Waals surface area contributed by atoms with E-state index in [2.05, 4.69) is 31.4 Å². The first-order valence-corrected chi connectivity index (χ1v) is 9.55.